The molecule has 1 aromatic heterocycles. The summed E-state index contributed by atoms with van der Waals surface area (Å²) in [6.45, 7) is 0. The highest BCUT2D eigenvalue weighted by molar-refractivity contribution is 7.10. The monoisotopic (exact) mass is 270 g/mol. The second kappa shape index (κ2) is 5.85. The number of nitrogens with zero attached hydrogens (tertiary/aromatic N) is 1. The van der Waals surface area contributed by atoms with E-state index in [9.17, 15) is 4.79 Å². The maximum atomic E-state index is 11.9. The van der Waals surface area contributed by atoms with Gasteiger partial charge in [0.25, 0.3) is 5.91 Å². The summed E-state index contributed by atoms with van der Waals surface area (Å²) < 4.78 is 0. The Balaban J connectivity index is 2.14. The van der Waals surface area contributed by atoms with E-state index in [0.29, 0.717) is 5.69 Å². The van der Waals surface area contributed by atoms with Crippen molar-refractivity contribution in [2.75, 3.05) is 5.32 Å². The number of rotatable bonds is 3. The van der Waals surface area contributed by atoms with Gasteiger partial charge >= 0.3 is 0 Å². The average Bonchev–Trinajstić information content (AvgIpc) is 2.91. The molecule has 2 N–H and O–H groups in total. The predicted octanol–water partition coefficient (Wildman–Crippen LogP) is 3.00. The molecule has 4 nitrogen and oxygen atoms in total. The minimum absolute atomic E-state index is 0.0375. The zero-order valence-electron chi connectivity index (χ0n) is 9.83. The van der Waals surface area contributed by atoms with Crippen molar-refractivity contribution >= 4 is 29.0 Å². The van der Waals surface area contributed by atoms with Crippen LogP contribution in [0.5, 0.6) is 5.75 Å². The van der Waals surface area contributed by atoms with E-state index in [0.717, 1.165) is 4.88 Å². The van der Waals surface area contributed by atoms with Crippen LogP contribution in [0.3, 0.4) is 0 Å². The molecule has 0 unspecified atom stereocenters. The van der Waals surface area contributed by atoms with Crippen LogP contribution < -0.4 is 5.32 Å². The molecule has 19 heavy (non-hydrogen) atoms. The third-order valence-corrected chi connectivity index (χ3v) is 3.14. The van der Waals surface area contributed by atoms with Gasteiger partial charge in [0, 0.05) is 10.6 Å². The number of carbonyl (C=O) groups excluding carboxylic acids is 1. The second-order valence-electron chi connectivity index (χ2n) is 3.69. The number of thiophene rings is 1. The van der Waals surface area contributed by atoms with Gasteiger partial charge in [-0.25, -0.2) is 0 Å². The first-order valence-electron chi connectivity index (χ1n) is 5.45. The molecule has 0 aliphatic heterocycles. The van der Waals surface area contributed by atoms with Gasteiger partial charge < -0.3 is 10.4 Å². The summed E-state index contributed by atoms with van der Waals surface area (Å²) in [4.78, 5) is 12.7. The molecule has 0 saturated heterocycles. The first kappa shape index (κ1) is 12.9. The van der Waals surface area contributed by atoms with E-state index < -0.39 is 5.91 Å². The number of phenolic OH excluding ortho intramolecular Hbond substituents is 1. The normalized spacial score (nSPS) is 10.8. The lowest BCUT2D eigenvalue weighted by atomic mass is 10.2. The quantitative estimate of drug-likeness (QED) is 0.511. The molecule has 5 heteroatoms. The Kier molecular flexibility index (Phi) is 3.96. The van der Waals surface area contributed by atoms with Gasteiger partial charge in [-0.1, -0.05) is 6.07 Å². The van der Waals surface area contributed by atoms with Crippen LogP contribution in [0.4, 0.5) is 5.69 Å². The lowest BCUT2D eigenvalue weighted by molar-refractivity contribution is -0.112. The maximum Gasteiger partial charge on any atom is 0.266 e. The van der Waals surface area contributed by atoms with Crippen molar-refractivity contribution in [1.29, 1.82) is 5.26 Å². The van der Waals surface area contributed by atoms with Crippen molar-refractivity contribution in [1.82, 2.24) is 0 Å². The van der Waals surface area contributed by atoms with Gasteiger partial charge in [0.05, 0.1) is 0 Å². The van der Waals surface area contributed by atoms with Crippen molar-refractivity contribution in [3.05, 3.63) is 52.2 Å². The van der Waals surface area contributed by atoms with Crippen LogP contribution in [0.25, 0.3) is 6.08 Å². The van der Waals surface area contributed by atoms with Crippen LogP contribution in [0.15, 0.2) is 47.4 Å². The number of anilines is 1. The summed E-state index contributed by atoms with van der Waals surface area (Å²) in [5.74, 6) is -0.353. The summed E-state index contributed by atoms with van der Waals surface area (Å²) in [6.07, 6.45) is 1.54. The number of phenols is 1. The van der Waals surface area contributed by atoms with Gasteiger partial charge in [0.1, 0.15) is 17.4 Å². The fourth-order valence-electron chi connectivity index (χ4n) is 1.41. The van der Waals surface area contributed by atoms with Crippen LogP contribution in [-0.4, -0.2) is 11.0 Å². The predicted molar refractivity (Wildman–Crippen MR) is 74.6 cm³/mol. The molecule has 94 valence electrons. The molecule has 1 aromatic carbocycles. The molecule has 0 atom stereocenters. The molecule has 0 radical (unpaired) electrons. The topological polar surface area (TPSA) is 73.1 Å². The highest BCUT2D eigenvalue weighted by Gasteiger charge is 2.09. The molecule has 0 fully saturated rings. The highest BCUT2D eigenvalue weighted by Crippen LogP contribution is 2.16. The molecule has 2 aromatic rings. The zero-order valence-corrected chi connectivity index (χ0v) is 10.6. The molecule has 0 aliphatic carbocycles. The third-order valence-electron chi connectivity index (χ3n) is 2.32. The Morgan fingerprint density at radius 1 is 1.32 bits per heavy atom. The minimum atomic E-state index is -0.471. The average molecular weight is 270 g/mol. The van der Waals surface area contributed by atoms with E-state index >= 15 is 0 Å². The van der Waals surface area contributed by atoms with E-state index in [1.54, 1.807) is 18.2 Å². The molecule has 0 bridgehead atoms. The van der Waals surface area contributed by atoms with Crippen LogP contribution in [0, 0.1) is 11.3 Å². The molecule has 2 rings (SSSR count). The smallest absolute Gasteiger partial charge is 0.266 e. The molecule has 0 aliphatic rings. The van der Waals surface area contributed by atoms with Crippen molar-refractivity contribution in [3.8, 4) is 11.8 Å². The van der Waals surface area contributed by atoms with Crippen molar-refractivity contribution in [3.63, 3.8) is 0 Å². The minimum Gasteiger partial charge on any atom is -0.508 e. The van der Waals surface area contributed by atoms with Gasteiger partial charge in [-0.05, 0) is 41.8 Å². The standard InChI is InChI=1S/C14H10N2O2S/c15-9-10(8-13-2-1-7-19-13)14(18)16-11-3-5-12(17)6-4-11/h1-8,17H,(H,16,18). The summed E-state index contributed by atoms with van der Waals surface area (Å²) in [6, 6.07) is 11.6. The Hall–Kier alpha value is -2.58. The number of aromatic hydroxyl groups is 1. The number of carbonyl (C=O) groups is 1. The van der Waals surface area contributed by atoms with E-state index in [-0.39, 0.29) is 11.3 Å². The van der Waals surface area contributed by atoms with Crippen LogP contribution in [0.2, 0.25) is 0 Å². The van der Waals surface area contributed by atoms with Crippen LogP contribution >= 0.6 is 11.3 Å². The van der Waals surface area contributed by atoms with Crippen molar-refractivity contribution in [2.45, 2.75) is 0 Å². The Bertz CT molecular complexity index is 637. The second-order valence-corrected chi connectivity index (χ2v) is 4.67. The van der Waals surface area contributed by atoms with E-state index in [1.165, 1.54) is 23.5 Å². The van der Waals surface area contributed by atoms with Gasteiger partial charge in [0.15, 0.2) is 0 Å². The fraction of sp³-hybridized carbons (Fsp3) is 0. The number of hydrogen-bond acceptors (Lipinski definition) is 4. The first-order valence-corrected chi connectivity index (χ1v) is 6.32. The Morgan fingerprint density at radius 2 is 2.05 bits per heavy atom. The van der Waals surface area contributed by atoms with Gasteiger partial charge in [0.2, 0.25) is 0 Å². The highest BCUT2D eigenvalue weighted by atomic mass is 32.1. The number of amides is 1. The number of hydrogen-bond donors (Lipinski definition) is 2. The maximum absolute atomic E-state index is 11.9. The molecular formula is C14H10N2O2S. The summed E-state index contributed by atoms with van der Waals surface area (Å²) in [5, 5.41) is 22.6. The summed E-state index contributed by atoms with van der Waals surface area (Å²) >= 11 is 1.45. The van der Waals surface area contributed by atoms with Crippen molar-refractivity contribution in [2.24, 2.45) is 0 Å². The van der Waals surface area contributed by atoms with Gasteiger partial charge in [-0.2, -0.15) is 5.26 Å². The zero-order chi connectivity index (χ0) is 13.7. The van der Waals surface area contributed by atoms with Gasteiger partial charge in [-0.3, -0.25) is 4.79 Å². The Labute approximate surface area is 114 Å². The molecular weight excluding hydrogens is 260 g/mol. The van der Waals surface area contributed by atoms with Crippen molar-refractivity contribution < 1.29 is 9.90 Å². The molecule has 0 spiro atoms. The van der Waals surface area contributed by atoms with E-state index in [1.807, 2.05) is 23.6 Å². The lowest BCUT2D eigenvalue weighted by Crippen LogP contribution is -2.13. The van der Waals surface area contributed by atoms with E-state index in [2.05, 4.69) is 5.32 Å². The third kappa shape index (κ3) is 3.44. The van der Waals surface area contributed by atoms with Crippen LogP contribution in [-0.2, 0) is 4.79 Å². The first-order chi connectivity index (χ1) is 9.19. The number of nitrogens with one attached hydrogen (secondary N) is 1. The van der Waals surface area contributed by atoms with Crippen LogP contribution in [0.1, 0.15) is 4.88 Å². The molecule has 1 heterocycles. The Morgan fingerprint density at radius 3 is 2.63 bits per heavy atom. The molecule has 0 saturated carbocycles. The lowest BCUT2D eigenvalue weighted by Gasteiger charge is -2.03. The molecule has 1 amide bonds. The van der Waals surface area contributed by atoms with E-state index in [4.69, 9.17) is 10.4 Å². The largest absolute Gasteiger partial charge is 0.508 e. The van der Waals surface area contributed by atoms with Gasteiger partial charge in [-0.15, -0.1) is 11.3 Å². The SMILES string of the molecule is N#CC(=Cc1cccs1)C(=O)Nc1ccc(O)cc1. The number of benzene rings is 1. The number of nitriles is 1. The summed E-state index contributed by atoms with van der Waals surface area (Å²) in [5.41, 5.74) is 0.561. The summed E-state index contributed by atoms with van der Waals surface area (Å²) in [7, 11) is 0. The fourth-order valence-corrected chi connectivity index (χ4v) is 2.06.